The van der Waals surface area contributed by atoms with Crippen LogP contribution in [0.3, 0.4) is 0 Å². The van der Waals surface area contributed by atoms with E-state index in [0.29, 0.717) is 24.6 Å². The summed E-state index contributed by atoms with van der Waals surface area (Å²) in [5.74, 6) is 0.597. The monoisotopic (exact) mass is 480 g/mol. The second-order valence-electron chi connectivity index (χ2n) is 7.12. The molecule has 2 heterocycles. The number of aliphatic imine (C=N–C) groups is 1. The number of alkyl halides is 3. The van der Waals surface area contributed by atoms with Gasteiger partial charge in [-0.15, -0.1) is 11.8 Å². The van der Waals surface area contributed by atoms with E-state index in [9.17, 15) is 18.0 Å². The Balaban J connectivity index is 0.000000479. The SMILES string of the molecule is CCCC(F)(F)F.CNCc1cc(SC)cc2c1CN(c1cccc(C(N)=NC=N)n1)C2=O. The first kappa shape index (κ1) is 26.3. The number of fused-ring (bicyclic) bond motifs is 1. The molecule has 1 aromatic heterocycles. The van der Waals surface area contributed by atoms with Crippen molar-refractivity contribution in [2.45, 2.75) is 43.9 Å². The van der Waals surface area contributed by atoms with Crippen molar-refractivity contribution in [2.75, 3.05) is 18.2 Å². The molecule has 1 aromatic carbocycles. The van der Waals surface area contributed by atoms with Gasteiger partial charge in [0.15, 0.2) is 5.84 Å². The molecular weight excluding hydrogens is 453 g/mol. The van der Waals surface area contributed by atoms with Crippen molar-refractivity contribution < 1.29 is 18.0 Å². The summed E-state index contributed by atoms with van der Waals surface area (Å²) in [6.07, 6.45) is -1.56. The number of anilines is 1. The number of halogens is 3. The summed E-state index contributed by atoms with van der Waals surface area (Å²) in [6, 6.07) is 9.32. The van der Waals surface area contributed by atoms with Gasteiger partial charge in [-0.25, -0.2) is 9.98 Å². The molecule has 178 valence electrons. The van der Waals surface area contributed by atoms with Gasteiger partial charge in [0.2, 0.25) is 0 Å². The van der Waals surface area contributed by atoms with Gasteiger partial charge in [0.25, 0.3) is 5.91 Å². The lowest BCUT2D eigenvalue weighted by atomic mass is 10.0. The Bertz CT molecular complexity index is 1030. The molecule has 1 amide bonds. The lowest BCUT2D eigenvalue weighted by molar-refractivity contribution is -0.134. The van der Waals surface area contributed by atoms with Crippen molar-refractivity contribution in [1.82, 2.24) is 10.3 Å². The maximum absolute atomic E-state index is 13.0. The second kappa shape index (κ2) is 11.8. The Labute approximate surface area is 195 Å². The number of nitrogens with zero attached hydrogens (tertiary/aromatic N) is 3. The van der Waals surface area contributed by atoms with E-state index in [4.69, 9.17) is 11.1 Å². The zero-order chi connectivity index (χ0) is 24.6. The number of carbonyl (C=O) groups excluding carboxylic acids is 1. The smallest absolute Gasteiger partial charge is 0.382 e. The van der Waals surface area contributed by atoms with Gasteiger partial charge in [0.1, 0.15) is 17.9 Å². The van der Waals surface area contributed by atoms with Crippen LogP contribution in [0.1, 0.15) is 46.9 Å². The van der Waals surface area contributed by atoms with Crippen molar-refractivity contribution in [2.24, 2.45) is 10.7 Å². The first-order chi connectivity index (χ1) is 15.6. The fourth-order valence-electron chi connectivity index (χ4n) is 3.24. The predicted molar refractivity (Wildman–Crippen MR) is 126 cm³/mol. The number of rotatable bonds is 7. The van der Waals surface area contributed by atoms with Crippen LogP contribution in [0.4, 0.5) is 19.0 Å². The van der Waals surface area contributed by atoms with Crippen molar-refractivity contribution in [1.29, 1.82) is 5.41 Å². The number of thioether (sulfide) groups is 1. The van der Waals surface area contributed by atoms with E-state index in [1.54, 1.807) is 34.9 Å². The minimum atomic E-state index is -3.95. The van der Waals surface area contributed by atoms with Crippen LogP contribution in [0, 0.1) is 5.41 Å². The van der Waals surface area contributed by atoms with Crippen LogP contribution in [0.25, 0.3) is 0 Å². The van der Waals surface area contributed by atoms with Crippen molar-refractivity contribution in [3.8, 4) is 0 Å². The normalized spacial score (nSPS) is 13.5. The largest absolute Gasteiger partial charge is 0.389 e. The minimum absolute atomic E-state index is 0.0690. The van der Waals surface area contributed by atoms with Gasteiger partial charge in [-0.05, 0) is 55.1 Å². The fourth-order valence-corrected chi connectivity index (χ4v) is 3.74. The van der Waals surface area contributed by atoms with Gasteiger partial charge < -0.3 is 11.1 Å². The Morgan fingerprint density at radius 1 is 1.39 bits per heavy atom. The molecular formula is C22H27F3N6OS. The van der Waals surface area contributed by atoms with Crippen molar-refractivity contribution >= 4 is 35.7 Å². The Morgan fingerprint density at radius 2 is 2.12 bits per heavy atom. The molecule has 33 heavy (non-hydrogen) atoms. The first-order valence-electron chi connectivity index (χ1n) is 10.2. The van der Waals surface area contributed by atoms with E-state index in [2.05, 4.69) is 21.4 Å². The third-order valence-electron chi connectivity index (χ3n) is 4.72. The number of aromatic nitrogens is 1. The van der Waals surface area contributed by atoms with E-state index in [1.165, 1.54) is 6.92 Å². The quantitative estimate of drug-likeness (QED) is 0.310. The maximum Gasteiger partial charge on any atom is 0.389 e. The Morgan fingerprint density at radius 3 is 2.67 bits per heavy atom. The molecule has 0 radical (unpaired) electrons. The topological polar surface area (TPSA) is 107 Å². The Kier molecular flexibility index (Phi) is 9.42. The predicted octanol–water partition coefficient (Wildman–Crippen LogP) is 4.34. The van der Waals surface area contributed by atoms with Gasteiger partial charge >= 0.3 is 6.18 Å². The van der Waals surface area contributed by atoms with Gasteiger partial charge in [-0.1, -0.05) is 13.0 Å². The van der Waals surface area contributed by atoms with E-state index >= 15 is 0 Å². The van der Waals surface area contributed by atoms with Crippen LogP contribution in [-0.2, 0) is 13.1 Å². The third kappa shape index (κ3) is 7.03. The number of nitrogens with one attached hydrogen (secondary N) is 2. The molecule has 0 unspecified atom stereocenters. The van der Waals surface area contributed by atoms with E-state index in [1.807, 2.05) is 19.4 Å². The molecule has 0 saturated heterocycles. The molecule has 7 nitrogen and oxygen atoms in total. The van der Waals surface area contributed by atoms with Crippen molar-refractivity contribution in [3.05, 3.63) is 52.7 Å². The standard InChI is InChI=1S/C18H20N6OS.C4H7F3/c1-21-8-11-6-12(26-2)7-13-14(11)9-24(18(13)25)16-5-3-4-15(23-16)17(20)22-10-19;1-2-3-4(5,6)7/h3-7,10,21H,8-9H2,1-2H3,(H3,19,20,22);2-3H2,1H3. The van der Waals surface area contributed by atoms with E-state index in [-0.39, 0.29) is 18.2 Å². The number of carbonyl (C=O) groups is 1. The number of benzene rings is 1. The number of hydrogen-bond acceptors (Lipinski definition) is 5. The highest BCUT2D eigenvalue weighted by molar-refractivity contribution is 7.98. The first-order valence-corrected chi connectivity index (χ1v) is 11.4. The highest BCUT2D eigenvalue weighted by Crippen LogP contribution is 2.33. The molecule has 0 aliphatic carbocycles. The number of amides is 1. The summed E-state index contributed by atoms with van der Waals surface area (Å²) in [5, 5.41) is 10.2. The molecule has 0 atom stereocenters. The minimum Gasteiger partial charge on any atom is -0.382 e. The molecule has 1 aliphatic rings. The van der Waals surface area contributed by atoms with Crippen molar-refractivity contribution in [3.63, 3.8) is 0 Å². The van der Waals surface area contributed by atoms with Gasteiger partial charge in [0.05, 0.1) is 6.54 Å². The average Bonchev–Trinajstić information content (AvgIpc) is 3.10. The van der Waals surface area contributed by atoms with Crippen LogP contribution in [0.2, 0.25) is 0 Å². The van der Waals surface area contributed by atoms with E-state index < -0.39 is 12.6 Å². The van der Waals surface area contributed by atoms with Gasteiger partial charge in [-0.3, -0.25) is 15.1 Å². The van der Waals surface area contributed by atoms with Crippen LogP contribution in [-0.4, -0.2) is 42.5 Å². The molecule has 0 saturated carbocycles. The summed E-state index contributed by atoms with van der Waals surface area (Å²) in [6.45, 7) is 2.68. The molecule has 0 fully saturated rings. The molecule has 3 rings (SSSR count). The third-order valence-corrected chi connectivity index (χ3v) is 5.43. The summed E-state index contributed by atoms with van der Waals surface area (Å²) >= 11 is 1.62. The highest BCUT2D eigenvalue weighted by atomic mass is 32.2. The molecule has 4 N–H and O–H groups in total. The van der Waals surface area contributed by atoms with Gasteiger partial charge in [0, 0.05) is 23.4 Å². The fraction of sp³-hybridized carbons (Fsp3) is 0.364. The maximum atomic E-state index is 13.0. The summed E-state index contributed by atoms with van der Waals surface area (Å²) in [4.78, 5) is 23.9. The average molecular weight is 481 g/mol. The number of amidine groups is 1. The zero-order valence-electron chi connectivity index (χ0n) is 18.7. The number of hydrogen-bond donors (Lipinski definition) is 3. The molecule has 1 aliphatic heterocycles. The van der Waals surface area contributed by atoms with Gasteiger partial charge in [-0.2, -0.15) is 13.2 Å². The van der Waals surface area contributed by atoms with Crippen LogP contribution >= 0.6 is 11.8 Å². The molecule has 2 aromatic rings. The summed E-state index contributed by atoms with van der Waals surface area (Å²) < 4.78 is 33.2. The Hall–Kier alpha value is -2.92. The summed E-state index contributed by atoms with van der Waals surface area (Å²) in [5.41, 5.74) is 9.11. The number of nitrogens with two attached hydrogens (primary N) is 1. The van der Waals surface area contributed by atoms with Crippen LogP contribution in [0.15, 0.2) is 40.2 Å². The van der Waals surface area contributed by atoms with Crippen LogP contribution in [0.5, 0.6) is 0 Å². The zero-order valence-corrected chi connectivity index (χ0v) is 19.5. The molecule has 0 bridgehead atoms. The highest BCUT2D eigenvalue weighted by Gasteiger charge is 2.32. The number of pyridine rings is 1. The molecule has 0 spiro atoms. The molecule has 11 heteroatoms. The lowest BCUT2D eigenvalue weighted by Crippen LogP contribution is -2.25. The van der Waals surface area contributed by atoms with Crippen LogP contribution < -0.4 is 16.0 Å². The van der Waals surface area contributed by atoms with E-state index in [0.717, 1.165) is 27.9 Å². The lowest BCUT2D eigenvalue weighted by Gasteiger charge is -2.15. The second-order valence-corrected chi connectivity index (χ2v) is 8.00. The summed E-state index contributed by atoms with van der Waals surface area (Å²) in [7, 11) is 1.89.